The zero-order chi connectivity index (χ0) is 15.2. The average Bonchev–Trinajstić information content (AvgIpc) is 3.34. The highest BCUT2D eigenvalue weighted by atomic mass is 16.5. The largest absolute Gasteiger partial charge is 0.493 e. The Hall–Kier alpha value is -1.75. The second-order valence-electron chi connectivity index (χ2n) is 5.34. The van der Waals surface area contributed by atoms with Gasteiger partial charge in [-0.1, -0.05) is 6.07 Å². The Balaban J connectivity index is 1.93. The van der Waals surface area contributed by atoms with Crippen molar-refractivity contribution in [2.45, 2.75) is 32.4 Å². The minimum Gasteiger partial charge on any atom is -0.493 e. The third kappa shape index (κ3) is 4.63. The lowest BCUT2D eigenvalue weighted by Gasteiger charge is -2.16. The molecular formula is C16H24N2O3. The van der Waals surface area contributed by atoms with Gasteiger partial charge in [0.2, 0.25) is 0 Å². The summed E-state index contributed by atoms with van der Waals surface area (Å²) in [5, 5.41) is 3.46. The van der Waals surface area contributed by atoms with E-state index in [0.29, 0.717) is 24.1 Å². The van der Waals surface area contributed by atoms with Gasteiger partial charge in [0.1, 0.15) is 0 Å². The Bertz CT molecular complexity index is 486. The third-order valence-corrected chi connectivity index (χ3v) is 3.65. The molecule has 1 saturated carbocycles. The van der Waals surface area contributed by atoms with Crippen molar-refractivity contribution in [1.29, 1.82) is 0 Å². The number of rotatable bonds is 8. The van der Waals surface area contributed by atoms with E-state index < -0.39 is 0 Å². The molecule has 21 heavy (non-hydrogen) atoms. The SMILES string of the molecule is CCN(C)C(=O)COc1ccc(CNC2CC2)cc1OC. The summed E-state index contributed by atoms with van der Waals surface area (Å²) in [6, 6.07) is 6.50. The monoisotopic (exact) mass is 292 g/mol. The number of ether oxygens (including phenoxy) is 2. The van der Waals surface area contributed by atoms with E-state index >= 15 is 0 Å². The van der Waals surface area contributed by atoms with Crippen molar-refractivity contribution in [3.05, 3.63) is 23.8 Å². The molecule has 1 aromatic carbocycles. The van der Waals surface area contributed by atoms with Gasteiger partial charge in [-0.25, -0.2) is 0 Å². The van der Waals surface area contributed by atoms with Gasteiger partial charge in [0.15, 0.2) is 18.1 Å². The molecule has 1 fully saturated rings. The van der Waals surface area contributed by atoms with Gasteiger partial charge in [-0.3, -0.25) is 4.79 Å². The van der Waals surface area contributed by atoms with E-state index in [1.165, 1.54) is 12.8 Å². The number of carbonyl (C=O) groups is 1. The van der Waals surface area contributed by atoms with Gasteiger partial charge >= 0.3 is 0 Å². The van der Waals surface area contributed by atoms with Gasteiger partial charge in [-0.05, 0) is 37.5 Å². The minimum atomic E-state index is -0.0426. The Morgan fingerprint density at radius 2 is 2.14 bits per heavy atom. The van der Waals surface area contributed by atoms with Crippen molar-refractivity contribution in [1.82, 2.24) is 10.2 Å². The fourth-order valence-electron chi connectivity index (χ4n) is 1.92. The molecule has 0 atom stereocenters. The van der Waals surface area contributed by atoms with Crippen molar-refractivity contribution in [2.24, 2.45) is 0 Å². The Labute approximate surface area is 126 Å². The lowest BCUT2D eigenvalue weighted by Crippen LogP contribution is -2.31. The fraction of sp³-hybridized carbons (Fsp3) is 0.562. The molecule has 0 spiro atoms. The predicted molar refractivity (Wildman–Crippen MR) is 81.7 cm³/mol. The summed E-state index contributed by atoms with van der Waals surface area (Å²) < 4.78 is 10.9. The van der Waals surface area contributed by atoms with Crippen molar-refractivity contribution in [3.63, 3.8) is 0 Å². The summed E-state index contributed by atoms with van der Waals surface area (Å²) in [5.74, 6) is 1.22. The number of methoxy groups -OCH3 is 1. The van der Waals surface area contributed by atoms with Crippen molar-refractivity contribution in [2.75, 3.05) is 27.3 Å². The number of benzene rings is 1. The van der Waals surface area contributed by atoms with Crippen LogP contribution in [0.2, 0.25) is 0 Å². The zero-order valence-electron chi connectivity index (χ0n) is 13.0. The van der Waals surface area contributed by atoms with Crippen LogP contribution < -0.4 is 14.8 Å². The molecule has 1 amide bonds. The van der Waals surface area contributed by atoms with Crippen LogP contribution >= 0.6 is 0 Å². The van der Waals surface area contributed by atoms with Crippen LogP contribution in [0.4, 0.5) is 0 Å². The van der Waals surface area contributed by atoms with Crippen LogP contribution in [0.5, 0.6) is 11.5 Å². The molecule has 1 aromatic rings. The van der Waals surface area contributed by atoms with Gasteiger partial charge < -0.3 is 19.7 Å². The maximum absolute atomic E-state index is 11.7. The number of hydrogen-bond donors (Lipinski definition) is 1. The second-order valence-corrected chi connectivity index (χ2v) is 5.34. The zero-order valence-corrected chi connectivity index (χ0v) is 13.0. The highest BCUT2D eigenvalue weighted by Gasteiger charge is 2.20. The van der Waals surface area contributed by atoms with Crippen molar-refractivity contribution in [3.8, 4) is 11.5 Å². The summed E-state index contributed by atoms with van der Waals surface area (Å²) in [5.41, 5.74) is 1.16. The van der Waals surface area contributed by atoms with Crippen LogP contribution in [0.15, 0.2) is 18.2 Å². The molecule has 0 aliphatic heterocycles. The highest BCUT2D eigenvalue weighted by molar-refractivity contribution is 5.77. The molecule has 2 rings (SSSR count). The molecule has 1 N–H and O–H groups in total. The molecule has 0 saturated heterocycles. The van der Waals surface area contributed by atoms with Gasteiger partial charge in [0.05, 0.1) is 7.11 Å². The summed E-state index contributed by atoms with van der Waals surface area (Å²) in [7, 11) is 3.37. The first-order chi connectivity index (χ1) is 10.1. The molecule has 0 radical (unpaired) electrons. The molecule has 116 valence electrons. The first-order valence-electron chi connectivity index (χ1n) is 7.41. The normalized spacial score (nSPS) is 13.9. The van der Waals surface area contributed by atoms with E-state index in [0.717, 1.165) is 12.1 Å². The van der Waals surface area contributed by atoms with Gasteiger partial charge in [-0.15, -0.1) is 0 Å². The van der Waals surface area contributed by atoms with Crippen molar-refractivity contribution < 1.29 is 14.3 Å². The second kappa shape index (κ2) is 7.31. The topological polar surface area (TPSA) is 50.8 Å². The van der Waals surface area contributed by atoms with Crippen LogP contribution in [0.1, 0.15) is 25.3 Å². The molecule has 0 heterocycles. The number of carbonyl (C=O) groups excluding carboxylic acids is 1. The van der Waals surface area contributed by atoms with Gasteiger partial charge in [0, 0.05) is 26.2 Å². The number of nitrogens with zero attached hydrogens (tertiary/aromatic N) is 1. The first kappa shape index (κ1) is 15.6. The van der Waals surface area contributed by atoms with Gasteiger partial charge in [0.25, 0.3) is 5.91 Å². The van der Waals surface area contributed by atoms with Crippen LogP contribution in [-0.4, -0.2) is 44.2 Å². The molecule has 5 heteroatoms. The van der Waals surface area contributed by atoms with E-state index in [4.69, 9.17) is 9.47 Å². The summed E-state index contributed by atoms with van der Waals surface area (Å²) in [6.07, 6.45) is 2.54. The standard InChI is InChI=1S/C16H24N2O3/c1-4-18(2)16(19)11-21-14-8-5-12(9-15(14)20-3)10-17-13-6-7-13/h5,8-9,13,17H,4,6-7,10-11H2,1-3H3. The summed E-state index contributed by atoms with van der Waals surface area (Å²) in [6.45, 7) is 3.46. The van der Waals surface area contributed by atoms with Gasteiger partial charge in [-0.2, -0.15) is 0 Å². The molecule has 0 unspecified atom stereocenters. The molecule has 1 aliphatic carbocycles. The Kier molecular flexibility index (Phi) is 5.44. The van der Waals surface area contributed by atoms with Crippen LogP contribution in [0, 0.1) is 0 Å². The fourth-order valence-corrected chi connectivity index (χ4v) is 1.92. The number of likely N-dealkylation sites (N-methyl/N-ethyl adjacent to an activating group) is 1. The third-order valence-electron chi connectivity index (χ3n) is 3.65. The quantitative estimate of drug-likeness (QED) is 0.794. The van der Waals surface area contributed by atoms with E-state index in [9.17, 15) is 4.79 Å². The van der Waals surface area contributed by atoms with E-state index in [-0.39, 0.29) is 12.5 Å². The van der Waals surface area contributed by atoms with Crippen LogP contribution in [0.3, 0.4) is 0 Å². The molecule has 0 aromatic heterocycles. The molecular weight excluding hydrogens is 268 g/mol. The van der Waals surface area contributed by atoms with E-state index in [2.05, 4.69) is 5.32 Å². The lowest BCUT2D eigenvalue weighted by atomic mass is 10.2. The Morgan fingerprint density at radius 3 is 2.76 bits per heavy atom. The smallest absolute Gasteiger partial charge is 0.260 e. The summed E-state index contributed by atoms with van der Waals surface area (Å²) >= 11 is 0. The van der Waals surface area contributed by atoms with Crippen molar-refractivity contribution >= 4 is 5.91 Å². The number of nitrogens with one attached hydrogen (secondary N) is 1. The Morgan fingerprint density at radius 1 is 1.38 bits per heavy atom. The predicted octanol–water partition coefficient (Wildman–Crippen LogP) is 1.80. The first-order valence-corrected chi connectivity index (χ1v) is 7.41. The maximum atomic E-state index is 11.7. The lowest BCUT2D eigenvalue weighted by molar-refractivity contribution is -0.131. The van der Waals surface area contributed by atoms with E-state index in [1.807, 2.05) is 25.1 Å². The average molecular weight is 292 g/mol. The minimum absolute atomic E-state index is 0.0281. The highest BCUT2D eigenvalue weighted by Crippen LogP contribution is 2.28. The molecule has 0 bridgehead atoms. The van der Waals surface area contributed by atoms with Crippen LogP contribution in [-0.2, 0) is 11.3 Å². The maximum Gasteiger partial charge on any atom is 0.260 e. The summed E-state index contributed by atoms with van der Waals surface area (Å²) in [4.78, 5) is 13.4. The van der Waals surface area contributed by atoms with Crippen LogP contribution in [0.25, 0.3) is 0 Å². The number of hydrogen-bond acceptors (Lipinski definition) is 4. The molecule has 1 aliphatic rings. The van der Waals surface area contributed by atoms with E-state index in [1.54, 1.807) is 19.1 Å². The number of amides is 1. The molecule has 5 nitrogen and oxygen atoms in total.